The highest BCUT2D eigenvalue weighted by atomic mass is 16.5. The molecule has 0 spiro atoms. The summed E-state index contributed by atoms with van der Waals surface area (Å²) >= 11 is 0. The van der Waals surface area contributed by atoms with Gasteiger partial charge in [-0.2, -0.15) is 0 Å². The topological polar surface area (TPSA) is 75.9 Å². The molecule has 0 aliphatic carbocycles. The fourth-order valence-electron chi connectivity index (χ4n) is 2.60. The average molecular weight is 339 g/mol. The van der Waals surface area contributed by atoms with Crippen LogP contribution in [-0.2, 0) is 11.3 Å². The van der Waals surface area contributed by atoms with E-state index in [2.05, 4.69) is 10.3 Å². The lowest BCUT2D eigenvalue weighted by molar-refractivity contribution is 0.0285. The molecule has 2 heterocycles. The number of aliphatic hydroxyl groups is 1. The number of aliphatic hydroxyl groups excluding tert-OH is 1. The van der Waals surface area contributed by atoms with E-state index in [1.165, 1.54) is 0 Å². The van der Waals surface area contributed by atoms with E-state index in [0.717, 1.165) is 16.9 Å². The quantitative estimate of drug-likeness (QED) is 0.690. The monoisotopic (exact) mass is 339 g/mol. The molecule has 0 aliphatic rings. The lowest BCUT2D eigenvalue weighted by Crippen LogP contribution is -2.34. The lowest BCUT2D eigenvalue weighted by Gasteiger charge is -2.12. The average Bonchev–Trinajstić information content (AvgIpc) is 2.98. The van der Waals surface area contributed by atoms with Gasteiger partial charge in [0.2, 0.25) is 0 Å². The molecule has 2 N–H and O–H groups in total. The number of pyridine rings is 1. The molecule has 0 saturated carbocycles. The van der Waals surface area contributed by atoms with Gasteiger partial charge in [-0.3, -0.25) is 4.79 Å². The second-order valence-electron chi connectivity index (χ2n) is 5.83. The number of hydrogen-bond acceptors (Lipinski definition) is 4. The Bertz CT molecular complexity index is 846. The zero-order valence-electron chi connectivity index (χ0n) is 14.1. The zero-order chi connectivity index (χ0) is 17.6. The number of amides is 1. The van der Waals surface area contributed by atoms with E-state index >= 15 is 0 Å². The molecular weight excluding hydrogens is 318 g/mol. The number of fused-ring (bicyclic) bond motifs is 1. The van der Waals surface area contributed by atoms with Gasteiger partial charge in [-0.1, -0.05) is 36.4 Å². The highest BCUT2D eigenvalue weighted by molar-refractivity contribution is 5.99. The predicted octanol–water partition coefficient (Wildman–Crippen LogP) is 1.95. The minimum Gasteiger partial charge on any atom is -0.389 e. The van der Waals surface area contributed by atoms with Gasteiger partial charge in [0.05, 0.1) is 24.8 Å². The highest BCUT2D eigenvalue weighted by Crippen LogP contribution is 2.12. The summed E-state index contributed by atoms with van der Waals surface area (Å²) in [6, 6.07) is 15.3. The maximum atomic E-state index is 12.3. The summed E-state index contributed by atoms with van der Waals surface area (Å²) in [5, 5.41) is 12.7. The van der Waals surface area contributed by atoms with Crippen molar-refractivity contribution in [3.05, 3.63) is 71.8 Å². The fourth-order valence-corrected chi connectivity index (χ4v) is 2.60. The molecular formula is C19H21N3O3. The summed E-state index contributed by atoms with van der Waals surface area (Å²) in [7, 11) is 0. The summed E-state index contributed by atoms with van der Waals surface area (Å²) in [6.07, 6.45) is 1.09. The fraction of sp³-hybridized carbons (Fsp3) is 0.263. The normalized spacial score (nSPS) is 12.2. The Balaban J connectivity index is 1.49. The van der Waals surface area contributed by atoms with Crippen molar-refractivity contribution in [3.63, 3.8) is 0 Å². The number of aromatic nitrogens is 2. The molecule has 0 saturated heterocycles. The van der Waals surface area contributed by atoms with Crippen molar-refractivity contribution in [3.8, 4) is 0 Å². The van der Waals surface area contributed by atoms with E-state index in [4.69, 9.17) is 4.74 Å². The molecule has 1 atom stereocenters. The van der Waals surface area contributed by atoms with Gasteiger partial charge < -0.3 is 19.6 Å². The number of benzene rings is 1. The summed E-state index contributed by atoms with van der Waals surface area (Å²) < 4.78 is 7.33. The molecule has 1 aromatic carbocycles. The van der Waals surface area contributed by atoms with Crippen molar-refractivity contribution in [1.29, 1.82) is 0 Å². The molecule has 3 aromatic rings. The van der Waals surface area contributed by atoms with Crippen molar-refractivity contribution < 1.29 is 14.6 Å². The molecule has 6 heteroatoms. The van der Waals surface area contributed by atoms with Crippen LogP contribution in [0.2, 0.25) is 0 Å². The molecule has 0 bridgehead atoms. The van der Waals surface area contributed by atoms with Crippen LogP contribution in [0, 0.1) is 6.92 Å². The number of nitrogens with one attached hydrogen (secondary N) is 1. The van der Waals surface area contributed by atoms with Crippen LogP contribution >= 0.6 is 0 Å². The Morgan fingerprint density at radius 2 is 2.00 bits per heavy atom. The summed E-state index contributed by atoms with van der Waals surface area (Å²) in [6.45, 7) is 2.53. The minimum absolute atomic E-state index is 0.110. The number of carbonyl (C=O) groups excluding carboxylic acids is 1. The van der Waals surface area contributed by atoms with Crippen LogP contribution < -0.4 is 5.32 Å². The number of rotatable bonds is 7. The van der Waals surface area contributed by atoms with Crippen molar-refractivity contribution in [2.45, 2.75) is 19.6 Å². The third-order valence-electron chi connectivity index (χ3n) is 3.86. The third kappa shape index (κ3) is 4.23. The smallest absolute Gasteiger partial charge is 0.272 e. The Kier molecular flexibility index (Phi) is 5.42. The minimum atomic E-state index is -0.775. The van der Waals surface area contributed by atoms with Crippen LogP contribution in [0.15, 0.2) is 54.7 Å². The van der Waals surface area contributed by atoms with Crippen LogP contribution in [0.4, 0.5) is 0 Å². The van der Waals surface area contributed by atoms with Gasteiger partial charge in [0, 0.05) is 12.7 Å². The molecule has 25 heavy (non-hydrogen) atoms. The molecule has 0 fully saturated rings. The number of imidazole rings is 1. The molecule has 0 aliphatic heterocycles. The maximum absolute atomic E-state index is 12.3. The van der Waals surface area contributed by atoms with E-state index in [0.29, 0.717) is 12.3 Å². The van der Waals surface area contributed by atoms with Crippen LogP contribution in [0.25, 0.3) is 5.52 Å². The van der Waals surface area contributed by atoms with E-state index in [-0.39, 0.29) is 19.1 Å². The first-order valence-corrected chi connectivity index (χ1v) is 8.17. The second-order valence-corrected chi connectivity index (χ2v) is 5.83. The van der Waals surface area contributed by atoms with Gasteiger partial charge >= 0.3 is 0 Å². The summed E-state index contributed by atoms with van der Waals surface area (Å²) in [4.78, 5) is 16.6. The molecule has 0 unspecified atom stereocenters. The van der Waals surface area contributed by atoms with Crippen molar-refractivity contribution in [2.75, 3.05) is 13.2 Å². The molecule has 1 amide bonds. The number of hydrogen-bond donors (Lipinski definition) is 2. The Morgan fingerprint density at radius 1 is 1.24 bits per heavy atom. The van der Waals surface area contributed by atoms with Crippen LogP contribution in [0.3, 0.4) is 0 Å². The van der Waals surface area contributed by atoms with Crippen molar-refractivity contribution in [2.24, 2.45) is 0 Å². The molecule has 6 nitrogen and oxygen atoms in total. The van der Waals surface area contributed by atoms with Crippen LogP contribution in [0.5, 0.6) is 0 Å². The van der Waals surface area contributed by atoms with E-state index < -0.39 is 6.10 Å². The number of aryl methyl sites for hydroxylation is 1. The van der Waals surface area contributed by atoms with Crippen LogP contribution in [-0.4, -0.2) is 39.7 Å². The van der Waals surface area contributed by atoms with Gasteiger partial charge in [0.25, 0.3) is 5.91 Å². The number of nitrogens with zero attached hydrogens (tertiary/aromatic N) is 2. The standard InChI is InChI=1S/C19H21N3O3/c1-14-21-18(17-9-5-6-10-22(14)17)19(24)20-11-16(23)13-25-12-15-7-3-2-4-8-15/h2-10,16,23H,11-13H2,1H3,(H,20,24)/t16-/m1/s1. The molecule has 0 radical (unpaired) electrons. The Labute approximate surface area is 146 Å². The van der Waals surface area contributed by atoms with Gasteiger partial charge in [-0.25, -0.2) is 4.98 Å². The SMILES string of the molecule is Cc1nc(C(=O)NC[C@@H](O)COCc2ccccc2)c2ccccn12. The van der Waals surface area contributed by atoms with Crippen molar-refractivity contribution >= 4 is 11.4 Å². The first-order chi connectivity index (χ1) is 12.1. The number of ether oxygens (including phenoxy) is 1. The summed E-state index contributed by atoms with van der Waals surface area (Å²) in [5.74, 6) is 0.436. The van der Waals surface area contributed by atoms with Crippen LogP contribution in [0.1, 0.15) is 21.9 Å². The van der Waals surface area contributed by atoms with E-state index in [9.17, 15) is 9.90 Å². The lowest BCUT2D eigenvalue weighted by atomic mass is 10.2. The molecule has 130 valence electrons. The largest absolute Gasteiger partial charge is 0.389 e. The van der Waals surface area contributed by atoms with Gasteiger partial charge in [0.15, 0.2) is 5.69 Å². The Morgan fingerprint density at radius 3 is 2.80 bits per heavy atom. The first-order valence-electron chi connectivity index (χ1n) is 8.17. The predicted molar refractivity (Wildman–Crippen MR) is 94.4 cm³/mol. The summed E-state index contributed by atoms with van der Waals surface area (Å²) in [5.41, 5.74) is 2.14. The molecule has 3 rings (SSSR count). The zero-order valence-corrected chi connectivity index (χ0v) is 14.1. The Hall–Kier alpha value is -2.70. The van der Waals surface area contributed by atoms with E-state index in [1.807, 2.05) is 66.1 Å². The second kappa shape index (κ2) is 7.92. The third-order valence-corrected chi connectivity index (χ3v) is 3.86. The van der Waals surface area contributed by atoms with Gasteiger partial charge in [-0.05, 0) is 24.6 Å². The van der Waals surface area contributed by atoms with E-state index in [1.54, 1.807) is 0 Å². The van der Waals surface area contributed by atoms with Gasteiger partial charge in [0.1, 0.15) is 5.82 Å². The molecule has 2 aromatic heterocycles. The highest BCUT2D eigenvalue weighted by Gasteiger charge is 2.16. The van der Waals surface area contributed by atoms with Crippen molar-refractivity contribution in [1.82, 2.24) is 14.7 Å². The maximum Gasteiger partial charge on any atom is 0.272 e. The number of carbonyl (C=O) groups is 1. The van der Waals surface area contributed by atoms with Gasteiger partial charge in [-0.15, -0.1) is 0 Å². The first kappa shape index (κ1) is 17.1.